The second-order valence-corrected chi connectivity index (χ2v) is 3.42. The Labute approximate surface area is 92.1 Å². The number of hydrogen-bond donors (Lipinski definition) is 2. The third-order valence-electron chi connectivity index (χ3n) is 1.96. The minimum atomic E-state index is -0.891. The van der Waals surface area contributed by atoms with Crippen LogP contribution in [-0.2, 0) is 11.2 Å². The molecule has 15 heavy (non-hydrogen) atoms. The summed E-state index contributed by atoms with van der Waals surface area (Å²) < 4.78 is 4.89. The van der Waals surface area contributed by atoms with Crippen LogP contribution in [-0.4, -0.2) is 23.3 Å². The first kappa shape index (κ1) is 11.7. The number of ether oxygens (including phenoxy) is 1. The van der Waals surface area contributed by atoms with Crippen LogP contribution < -0.4 is 4.74 Å². The number of rotatable bonds is 4. The molecular weight excluding hydrogens is 220 g/mol. The molecule has 0 aliphatic rings. The van der Waals surface area contributed by atoms with Gasteiger partial charge in [-0.3, -0.25) is 4.79 Å². The van der Waals surface area contributed by atoms with Crippen LogP contribution in [0.1, 0.15) is 12.0 Å². The normalized spacial score (nSPS) is 10.0. The van der Waals surface area contributed by atoms with Crippen LogP contribution in [0.5, 0.6) is 11.5 Å². The van der Waals surface area contributed by atoms with Gasteiger partial charge in [0.2, 0.25) is 0 Å². The van der Waals surface area contributed by atoms with E-state index in [1.807, 2.05) is 0 Å². The van der Waals surface area contributed by atoms with Crippen molar-refractivity contribution in [1.82, 2.24) is 0 Å². The van der Waals surface area contributed by atoms with E-state index in [-0.39, 0.29) is 12.2 Å². The van der Waals surface area contributed by atoms with Crippen molar-refractivity contribution in [2.75, 3.05) is 7.11 Å². The second-order valence-electron chi connectivity index (χ2n) is 3.01. The van der Waals surface area contributed by atoms with Gasteiger partial charge in [-0.2, -0.15) is 0 Å². The lowest BCUT2D eigenvalue weighted by Crippen LogP contribution is -1.98. The number of hydrogen-bond acceptors (Lipinski definition) is 3. The highest BCUT2D eigenvalue weighted by Crippen LogP contribution is 2.32. The molecule has 0 aromatic heterocycles. The van der Waals surface area contributed by atoms with Crippen LogP contribution >= 0.6 is 11.6 Å². The van der Waals surface area contributed by atoms with Crippen LogP contribution in [0.3, 0.4) is 0 Å². The quantitative estimate of drug-likeness (QED) is 0.831. The highest BCUT2D eigenvalue weighted by atomic mass is 35.5. The number of carboxylic acids is 1. The maximum absolute atomic E-state index is 10.4. The zero-order chi connectivity index (χ0) is 11.4. The maximum atomic E-state index is 10.4. The van der Waals surface area contributed by atoms with Gasteiger partial charge in [0, 0.05) is 17.5 Å². The number of carbonyl (C=O) groups is 1. The zero-order valence-corrected chi connectivity index (χ0v) is 8.91. The standard InChI is InChI=1S/C10H11ClO4/c1-15-9-4-6(2-3-10(13)14)7(11)5-8(9)12/h4-5,12H,2-3H2,1H3,(H,13,14). The first-order chi connectivity index (χ1) is 7.04. The third-order valence-corrected chi connectivity index (χ3v) is 2.31. The molecule has 0 saturated heterocycles. The van der Waals surface area contributed by atoms with Crippen LogP contribution in [0.4, 0.5) is 0 Å². The van der Waals surface area contributed by atoms with Gasteiger partial charge in [-0.15, -0.1) is 0 Å². The summed E-state index contributed by atoms with van der Waals surface area (Å²) in [7, 11) is 1.42. The van der Waals surface area contributed by atoms with Gasteiger partial charge in [-0.1, -0.05) is 11.6 Å². The molecule has 2 N–H and O–H groups in total. The third kappa shape index (κ3) is 3.02. The number of halogens is 1. The molecular formula is C10H11ClO4. The lowest BCUT2D eigenvalue weighted by atomic mass is 10.1. The molecule has 82 valence electrons. The zero-order valence-electron chi connectivity index (χ0n) is 8.16. The van der Waals surface area contributed by atoms with Gasteiger partial charge in [-0.05, 0) is 18.1 Å². The van der Waals surface area contributed by atoms with Crippen molar-refractivity contribution in [3.05, 3.63) is 22.7 Å². The fourth-order valence-electron chi connectivity index (χ4n) is 1.18. The Morgan fingerprint density at radius 3 is 2.73 bits per heavy atom. The molecule has 5 heteroatoms. The molecule has 1 aromatic carbocycles. The van der Waals surface area contributed by atoms with E-state index in [1.165, 1.54) is 13.2 Å². The Morgan fingerprint density at radius 1 is 1.53 bits per heavy atom. The number of phenolic OH excluding ortho intramolecular Hbond substituents is 1. The molecule has 0 heterocycles. The first-order valence-corrected chi connectivity index (χ1v) is 4.69. The van der Waals surface area contributed by atoms with Gasteiger partial charge in [0.15, 0.2) is 11.5 Å². The van der Waals surface area contributed by atoms with Crippen LogP contribution in [0.25, 0.3) is 0 Å². The van der Waals surface area contributed by atoms with Crippen molar-refractivity contribution in [3.63, 3.8) is 0 Å². The molecule has 0 saturated carbocycles. The SMILES string of the molecule is COc1cc(CCC(=O)O)c(Cl)cc1O. The Kier molecular flexibility index (Phi) is 3.80. The number of aliphatic carboxylic acids is 1. The minimum Gasteiger partial charge on any atom is -0.504 e. The molecule has 1 aromatic rings. The van der Waals surface area contributed by atoms with E-state index in [9.17, 15) is 9.90 Å². The van der Waals surface area contributed by atoms with Gasteiger partial charge < -0.3 is 14.9 Å². The van der Waals surface area contributed by atoms with E-state index < -0.39 is 5.97 Å². The molecule has 0 fully saturated rings. The summed E-state index contributed by atoms with van der Waals surface area (Å²) in [6, 6.07) is 2.89. The van der Waals surface area contributed by atoms with Gasteiger partial charge in [0.05, 0.1) is 7.11 Å². The largest absolute Gasteiger partial charge is 0.504 e. The lowest BCUT2D eigenvalue weighted by Gasteiger charge is -2.08. The predicted molar refractivity (Wildman–Crippen MR) is 55.6 cm³/mol. The minimum absolute atomic E-state index is 0.00630. The van der Waals surface area contributed by atoms with E-state index >= 15 is 0 Å². The monoisotopic (exact) mass is 230 g/mol. The topological polar surface area (TPSA) is 66.8 Å². The van der Waals surface area contributed by atoms with Gasteiger partial charge in [-0.25, -0.2) is 0 Å². The summed E-state index contributed by atoms with van der Waals surface area (Å²) in [6.07, 6.45) is 0.304. The Morgan fingerprint density at radius 2 is 2.20 bits per heavy atom. The van der Waals surface area contributed by atoms with E-state index in [2.05, 4.69) is 0 Å². The smallest absolute Gasteiger partial charge is 0.303 e. The van der Waals surface area contributed by atoms with Crippen LogP contribution in [0.2, 0.25) is 5.02 Å². The number of benzene rings is 1. The average Bonchev–Trinajstić information content (AvgIpc) is 2.16. The number of aryl methyl sites for hydroxylation is 1. The second kappa shape index (κ2) is 4.89. The summed E-state index contributed by atoms with van der Waals surface area (Å²) in [6.45, 7) is 0. The van der Waals surface area contributed by atoms with E-state index in [0.717, 1.165) is 0 Å². The Bertz CT molecular complexity index is 376. The number of phenols is 1. The highest BCUT2D eigenvalue weighted by Gasteiger charge is 2.09. The van der Waals surface area contributed by atoms with Gasteiger partial charge in [0.25, 0.3) is 0 Å². The van der Waals surface area contributed by atoms with Gasteiger partial charge in [0.1, 0.15) is 0 Å². The van der Waals surface area contributed by atoms with Crippen molar-refractivity contribution < 1.29 is 19.7 Å². The lowest BCUT2D eigenvalue weighted by molar-refractivity contribution is -0.136. The number of methoxy groups -OCH3 is 1. The summed E-state index contributed by atoms with van der Waals surface area (Å²) >= 11 is 5.83. The molecule has 0 radical (unpaired) electrons. The van der Waals surface area contributed by atoms with Crippen molar-refractivity contribution in [2.45, 2.75) is 12.8 Å². The summed E-state index contributed by atoms with van der Waals surface area (Å²) in [5, 5.41) is 18.2. The number of aromatic hydroxyl groups is 1. The van der Waals surface area contributed by atoms with Crippen LogP contribution in [0, 0.1) is 0 Å². The van der Waals surface area contributed by atoms with E-state index in [1.54, 1.807) is 6.07 Å². The summed E-state index contributed by atoms with van der Waals surface area (Å²) in [5.74, 6) is -0.653. The Balaban J connectivity index is 2.92. The van der Waals surface area contributed by atoms with Crippen molar-refractivity contribution in [1.29, 1.82) is 0 Å². The molecule has 0 bridgehead atoms. The fraction of sp³-hybridized carbons (Fsp3) is 0.300. The maximum Gasteiger partial charge on any atom is 0.303 e. The molecule has 0 aliphatic carbocycles. The predicted octanol–water partition coefficient (Wildman–Crippen LogP) is 2.07. The van der Waals surface area contributed by atoms with Crippen molar-refractivity contribution >= 4 is 17.6 Å². The van der Waals surface area contributed by atoms with Crippen molar-refractivity contribution in [3.8, 4) is 11.5 Å². The molecule has 0 aliphatic heterocycles. The molecule has 0 spiro atoms. The summed E-state index contributed by atoms with van der Waals surface area (Å²) in [4.78, 5) is 10.4. The molecule has 1 rings (SSSR count). The molecule has 0 unspecified atom stereocenters. The van der Waals surface area contributed by atoms with Crippen molar-refractivity contribution in [2.24, 2.45) is 0 Å². The first-order valence-electron chi connectivity index (χ1n) is 4.31. The molecule has 0 amide bonds. The highest BCUT2D eigenvalue weighted by molar-refractivity contribution is 6.31. The average molecular weight is 231 g/mol. The number of carboxylic acid groups (broad SMARTS) is 1. The van der Waals surface area contributed by atoms with E-state index in [4.69, 9.17) is 21.4 Å². The molecule has 0 atom stereocenters. The Hall–Kier alpha value is -1.42. The fourth-order valence-corrected chi connectivity index (χ4v) is 1.43. The van der Waals surface area contributed by atoms with E-state index in [0.29, 0.717) is 22.8 Å². The summed E-state index contributed by atoms with van der Waals surface area (Å²) in [5.41, 5.74) is 0.647. The van der Waals surface area contributed by atoms with Gasteiger partial charge >= 0.3 is 5.97 Å². The van der Waals surface area contributed by atoms with Crippen LogP contribution in [0.15, 0.2) is 12.1 Å². The molecule has 4 nitrogen and oxygen atoms in total.